The number of oxime groups is 1. The van der Waals surface area contributed by atoms with Crippen LogP contribution in [-0.2, 0) is 4.79 Å². The number of nitrogens with one attached hydrogen (secondary N) is 1. The maximum atomic E-state index is 12.1. The number of benzene rings is 1. The third-order valence-corrected chi connectivity index (χ3v) is 2.99. The lowest BCUT2D eigenvalue weighted by Gasteiger charge is -2.14. The third-order valence-electron chi connectivity index (χ3n) is 2.99. The minimum atomic E-state index is -0.480. The van der Waals surface area contributed by atoms with E-state index in [-0.39, 0.29) is 11.8 Å². The molecule has 6 nitrogen and oxygen atoms in total. The molecule has 1 aromatic carbocycles. The Balaban J connectivity index is 2.26. The van der Waals surface area contributed by atoms with Crippen LogP contribution in [0.4, 0.5) is 10.5 Å². The first-order chi connectivity index (χ1) is 9.04. The fraction of sp³-hybridized carbons (Fsp3) is 0.308. The second-order valence-corrected chi connectivity index (χ2v) is 4.68. The van der Waals surface area contributed by atoms with Gasteiger partial charge in [0.1, 0.15) is 6.04 Å². The van der Waals surface area contributed by atoms with Gasteiger partial charge in [0, 0.05) is 0 Å². The zero-order valence-corrected chi connectivity index (χ0v) is 10.7. The lowest BCUT2D eigenvalue weighted by atomic mass is 10.0. The van der Waals surface area contributed by atoms with Crippen molar-refractivity contribution in [3.05, 3.63) is 29.8 Å². The highest BCUT2D eigenvalue weighted by Crippen LogP contribution is 2.22. The molecule has 1 fully saturated rings. The lowest BCUT2D eigenvalue weighted by molar-refractivity contribution is -0.119. The van der Waals surface area contributed by atoms with Gasteiger partial charge in [-0.1, -0.05) is 31.1 Å². The number of hydrogen-bond donors (Lipinski definition) is 2. The standard InChI is InChI=1S/C13H15N3O3/c1-8(2)11-12(17)16(13(18)15-11)10-5-3-9(4-6-10)7-14-19/h3-8,11,19H,1-2H3,(H,15,18). The maximum Gasteiger partial charge on any atom is 0.329 e. The molecule has 1 aliphatic rings. The summed E-state index contributed by atoms with van der Waals surface area (Å²) in [5, 5.41) is 14.0. The Morgan fingerprint density at radius 2 is 1.95 bits per heavy atom. The fourth-order valence-electron chi connectivity index (χ4n) is 1.97. The summed E-state index contributed by atoms with van der Waals surface area (Å²) in [6.07, 6.45) is 1.27. The second-order valence-electron chi connectivity index (χ2n) is 4.68. The molecule has 0 aliphatic carbocycles. The minimum Gasteiger partial charge on any atom is -0.411 e. The first-order valence-electron chi connectivity index (χ1n) is 5.96. The Kier molecular flexibility index (Phi) is 3.50. The maximum absolute atomic E-state index is 12.1. The number of imide groups is 1. The Bertz CT molecular complexity index is 522. The van der Waals surface area contributed by atoms with Crippen LogP contribution < -0.4 is 10.2 Å². The molecule has 19 heavy (non-hydrogen) atoms. The van der Waals surface area contributed by atoms with Gasteiger partial charge in [0.05, 0.1) is 11.9 Å². The first-order valence-corrected chi connectivity index (χ1v) is 5.96. The van der Waals surface area contributed by atoms with Gasteiger partial charge in [-0.15, -0.1) is 0 Å². The van der Waals surface area contributed by atoms with Gasteiger partial charge in [-0.05, 0) is 23.6 Å². The summed E-state index contributed by atoms with van der Waals surface area (Å²) in [7, 11) is 0. The van der Waals surface area contributed by atoms with Crippen LogP contribution >= 0.6 is 0 Å². The molecule has 0 bridgehead atoms. The highest BCUT2D eigenvalue weighted by atomic mass is 16.4. The van der Waals surface area contributed by atoms with Crippen molar-refractivity contribution in [1.29, 1.82) is 0 Å². The van der Waals surface area contributed by atoms with Crippen LogP contribution in [0.1, 0.15) is 19.4 Å². The van der Waals surface area contributed by atoms with E-state index in [9.17, 15) is 9.59 Å². The zero-order valence-electron chi connectivity index (χ0n) is 10.7. The van der Waals surface area contributed by atoms with Crippen molar-refractivity contribution in [3.8, 4) is 0 Å². The molecule has 1 aliphatic heterocycles. The van der Waals surface area contributed by atoms with Gasteiger partial charge in [0.15, 0.2) is 0 Å². The summed E-state index contributed by atoms with van der Waals surface area (Å²) >= 11 is 0. The van der Waals surface area contributed by atoms with E-state index in [4.69, 9.17) is 5.21 Å². The SMILES string of the molecule is CC(C)C1NC(=O)N(c2ccc(C=NO)cc2)C1=O. The average molecular weight is 261 g/mol. The summed E-state index contributed by atoms with van der Waals surface area (Å²) < 4.78 is 0. The predicted octanol–water partition coefficient (Wildman–Crippen LogP) is 1.58. The Morgan fingerprint density at radius 3 is 2.42 bits per heavy atom. The summed E-state index contributed by atoms with van der Waals surface area (Å²) in [5.74, 6) is -0.203. The molecule has 1 atom stereocenters. The van der Waals surface area contributed by atoms with Gasteiger partial charge in [-0.3, -0.25) is 4.79 Å². The lowest BCUT2D eigenvalue weighted by Crippen LogP contribution is -2.34. The Morgan fingerprint density at radius 1 is 1.32 bits per heavy atom. The summed E-state index contributed by atoms with van der Waals surface area (Å²) in [5.41, 5.74) is 1.18. The van der Waals surface area contributed by atoms with Crippen LogP contribution in [-0.4, -0.2) is 29.4 Å². The van der Waals surface area contributed by atoms with E-state index in [1.807, 2.05) is 13.8 Å². The van der Waals surface area contributed by atoms with Crippen molar-refractivity contribution in [2.75, 3.05) is 4.90 Å². The van der Waals surface area contributed by atoms with Crippen molar-refractivity contribution in [1.82, 2.24) is 5.32 Å². The molecule has 2 N–H and O–H groups in total. The van der Waals surface area contributed by atoms with Gasteiger partial charge in [0.2, 0.25) is 0 Å². The Labute approximate surface area is 110 Å². The number of urea groups is 1. The number of anilines is 1. The molecule has 6 heteroatoms. The largest absolute Gasteiger partial charge is 0.411 e. The zero-order chi connectivity index (χ0) is 14.0. The number of nitrogens with zero attached hydrogens (tertiary/aromatic N) is 2. The van der Waals surface area contributed by atoms with Crippen LogP contribution in [0, 0.1) is 5.92 Å². The van der Waals surface area contributed by atoms with E-state index < -0.39 is 12.1 Å². The van der Waals surface area contributed by atoms with Crippen molar-refractivity contribution < 1.29 is 14.8 Å². The van der Waals surface area contributed by atoms with E-state index in [1.165, 1.54) is 6.21 Å². The van der Waals surface area contributed by atoms with Crippen LogP contribution in [0.15, 0.2) is 29.4 Å². The van der Waals surface area contributed by atoms with E-state index in [2.05, 4.69) is 10.5 Å². The van der Waals surface area contributed by atoms with Gasteiger partial charge in [0.25, 0.3) is 5.91 Å². The van der Waals surface area contributed by atoms with E-state index in [1.54, 1.807) is 24.3 Å². The molecule has 1 heterocycles. The van der Waals surface area contributed by atoms with Crippen molar-refractivity contribution in [2.45, 2.75) is 19.9 Å². The Hall–Kier alpha value is -2.37. The molecule has 1 aromatic rings. The quantitative estimate of drug-likeness (QED) is 0.375. The molecule has 1 saturated heterocycles. The molecular weight excluding hydrogens is 246 g/mol. The molecule has 0 radical (unpaired) electrons. The van der Waals surface area contributed by atoms with Gasteiger partial charge < -0.3 is 10.5 Å². The summed E-state index contributed by atoms with van der Waals surface area (Å²) in [4.78, 5) is 25.1. The number of rotatable bonds is 3. The number of amides is 3. The molecule has 1 unspecified atom stereocenters. The molecule has 0 aromatic heterocycles. The minimum absolute atomic E-state index is 0.0437. The number of carbonyl (C=O) groups excluding carboxylic acids is 2. The van der Waals surface area contributed by atoms with Crippen molar-refractivity contribution >= 4 is 23.8 Å². The predicted molar refractivity (Wildman–Crippen MR) is 70.5 cm³/mol. The number of carbonyl (C=O) groups is 2. The highest BCUT2D eigenvalue weighted by Gasteiger charge is 2.40. The third kappa shape index (κ3) is 2.42. The first kappa shape index (κ1) is 13.1. The van der Waals surface area contributed by atoms with Crippen LogP contribution in [0.25, 0.3) is 0 Å². The normalized spacial score (nSPS) is 19.5. The molecule has 2 rings (SSSR count). The van der Waals surface area contributed by atoms with Crippen LogP contribution in [0.3, 0.4) is 0 Å². The summed E-state index contributed by atoms with van der Waals surface area (Å²) in [6.45, 7) is 3.76. The average Bonchev–Trinajstić information content (AvgIpc) is 2.67. The molecular formula is C13H15N3O3. The topological polar surface area (TPSA) is 82.0 Å². The van der Waals surface area contributed by atoms with E-state index >= 15 is 0 Å². The molecule has 100 valence electrons. The molecule has 3 amide bonds. The summed E-state index contributed by atoms with van der Waals surface area (Å²) in [6, 6.07) is 5.71. The van der Waals surface area contributed by atoms with E-state index in [0.29, 0.717) is 11.3 Å². The van der Waals surface area contributed by atoms with Gasteiger partial charge in [-0.25, -0.2) is 9.69 Å². The molecule has 0 saturated carbocycles. The van der Waals surface area contributed by atoms with Crippen molar-refractivity contribution in [3.63, 3.8) is 0 Å². The number of hydrogen-bond acceptors (Lipinski definition) is 4. The van der Waals surface area contributed by atoms with E-state index in [0.717, 1.165) is 4.90 Å². The van der Waals surface area contributed by atoms with Gasteiger partial charge in [-0.2, -0.15) is 0 Å². The van der Waals surface area contributed by atoms with Crippen LogP contribution in [0.2, 0.25) is 0 Å². The van der Waals surface area contributed by atoms with Crippen molar-refractivity contribution in [2.24, 2.45) is 11.1 Å². The fourth-order valence-corrected chi connectivity index (χ4v) is 1.97. The van der Waals surface area contributed by atoms with Gasteiger partial charge >= 0.3 is 6.03 Å². The smallest absolute Gasteiger partial charge is 0.329 e. The molecule has 0 spiro atoms. The second kappa shape index (κ2) is 5.09. The van der Waals surface area contributed by atoms with Crippen LogP contribution in [0.5, 0.6) is 0 Å². The highest BCUT2D eigenvalue weighted by molar-refractivity contribution is 6.21. The monoisotopic (exact) mass is 261 g/mol.